The van der Waals surface area contributed by atoms with Crippen LogP contribution in [-0.2, 0) is 4.79 Å². The smallest absolute Gasteiger partial charge is 0.273 e. The van der Waals surface area contributed by atoms with E-state index in [1.165, 1.54) is 0 Å². The van der Waals surface area contributed by atoms with Crippen LogP contribution in [0.1, 0.15) is 31.8 Å². The summed E-state index contributed by atoms with van der Waals surface area (Å²) in [6, 6.07) is 10.4. The Hall–Kier alpha value is -2.95. The molecule has 0 amide bonds. The molecule has 0 unspecified atom stereocenters. The lowest BCUT2D eigenvalue weighted by Crippen LogP contribution is -2.25. The molecule has 0 atom stereocenters. The number of aryl methyl sites for hydroxylation is 2. The van der Waals surface area contributed by atoms with Crippen LogP contribution in [0.4, 0.5) is 11.4 Å². The first-order valence-corrected chi connectivity index (χ1v) is 8.32. The van der Waals surface area contributed by atoms with Crippen molar-refractivity contribution in [2.45, 2.75) is 13.8 Å². The van der Waals surface area contributed by atoms with Crippen molar-refractivity contribution in [3.8, 4) is 0 Å². The second-order valence-corrected chi connectivity index (χ2v) is 6.77. The van der Waals surface area contributed by atoms with Crippen LogP contribution in [0, 0.1) is 13.8 Å². The van der Waals surface area contributed by atoms with Gasteiger partial charge >= 0.3 is 0 Å². The standard InChI is InChI=1S/C21H24N2O3/c1-13-11-15(22(3)4)7-9-17(13)19(24)21(26)20(25)18-10-8-16(23(5)6)12-14(18)2/h7-12H,1-6H3. The van der Waals surface area contributed by atoms with E-state index in [4.69, 9.17) is 0 Å². The van der Waals surface area contributed by atoms with Crippen molar-refractivity contribution < 1.29 is 14.4 Å². The average molecular weight is 352 g/mol. The van der Waals surface area contributed by atoms with Crippen LogP contribution in [0.25, 0.3) is 0 Å². The summed E-state index contributed by atoms with van der Waals surface area (Å²) in [5.74, 6) is -2.55. The lowest BCUT2D eigenvalue weighted by Gasteiger charge is -2.15. The van der Waals surface area contributed by atoms with Crippen molar-refractivity contribution >= 4 is 28.7 Å². The maximum absolute atomic E-state index is 12.6. The molecule has 0 saturated heterocycles. The second-order valence-electron chi connectivity index (χ2n) is 6.77. The van der Waals surface area contributed by atoms with Gasteiger partial charge in [-0.1, -0.05) is 0 Å². The van der Waals surface area contributed by atoms with Gasteiger partial charge in [-0.25, -0.2) is 0 Å². The van der Waals surface area contributed by atoms with Gasteiger partial charge in [0.1, 0.15) is 0 Å². The summed E-state index contributed by atoms with van der Waals surface area (Å²) in [5, 5.41) is 0. The minimum absolute atomic E-state index is 0.261. The maximum atomic E-state index is 12.6. The highest BCUT2D eigenvalue weighted by atomic mass is 16.2. The van der Waals surface area contributed by atoms with E-state index < -0.39 is 17.3 Å². The highest BCUT2D eigenvalue weighted by Gasteiger charge is 2.27. The van der Waals surface area contributed by atoms with E-state index in [0.717, 1.165) is 11.4 Å². The molecule has 2 rings (SSSR count). The second kappa shape index (κ2) is 7.52. The molecule has 0 heterocycles. The third-order valence-corrected chi connectivity index (χ3v) is 4.35. The van der Waals surface area contributed by atoms with E-state index in [9.17, 15) is 14.4 Å². The minimum atomic E-state index is -1.01. The molecule has 2 aromatic carbocycles. The molecule has 0 aliphatic carbocycles. The fourth-order valence-corrected chi connectivity index (χ4v) is 2.71. The molecular formula is C21H24N2O3. The number of carbonyl (C=O) groups is 3. The molecule has 0 radical (unpaired) electrons. The summed E-state index contributed by atoms with van der Waals surface area (Å²) in [6.07, 6.45) is 0. The zero-order chi connectivity index (χ0) is 19.6. The Morgan fingerprint density at radius 1 is 0.654 bits per heavy atom. The Bertz CT molecular complexity index is 811. The van der Waals surface area contributed by atoms with Crippen molar-refractivity contribution in [2.75, 3.05) is 38.0 Å². The number of hydrogen-bond donors (Lipinski definition) is 0. The summed E-state index contributed by atoms with van der Waals surface area (Å²) < 4.78 is 0. The fourth-order valence-electron chi connectivity index (χ4n) is 2.71. The highest BCUT2D eigenvalue weighted by Crippen LogP contribution is 2.21. The summed E-state index contributed by atoms with van der Waals surface area (Å²) in [4.78, 5) is 41.4. The van der Waals surface area contributed by atoms with Gasteiger partial charge in [0.05, 0.1) is 0 Å². The maximum Gasteiger partial charge on any atom is 0.273 e. The predicted molar refractivity (Wildman–Crippen MR) is 105 cm³/mol. The van der Waals surface area contributed by atoms with Crippen LogP contribution in [0.3, 0.4) is 0 Å². The lowest BCUT2D eigenvalue weighted by atomic mass is 9.94. The number of hydrogen-bond acceptors (Lipinski definition) is 5. The monoisotopic (exact) mass is 352 g/mol. The third-order valence-electron chi connectivity index (χ3n) is 4.35. The van der Waals surface area contributed by atoms with E-state index in [1.807, 2.05) is 50.1 Å². The van der Waals surface area contributed by atoms with Crippen molar-refractivity contribution in [2.24, 2.45) is 0 Å². The topological polar surface area (TPSA) is 57.7 Å². The molecule has 0 saturated carbocycles. The van der Waals surface area contributed by atoms with Gasteiger partial charge in [-0.3, -0.25) is 14.4 Å². The van der Waals surface area contributed by atoms with E-state index in [2.05, 4.69) is 0 Å². The summed E-state index contributed by atoms with van der Waals surface area (Å²) in [6.45, 7) is 3.52. The first-order chi connectivity index (χ1) is 12.1. The molecule has 136 valence electrons. The van der Waals surface area contributed by atoms with E-state index in [0.29, 0.717) is 11.1 Å². The van der Waals surface area contributed by atoms with Gasteiger partial charge in [0.15, 0.2) is 0 Å². The van der Waals surface area contributed by atoms with E-state index in [1.54, 1.807) is 38.1 Å². The molecule has 0 bridgehead atoms. The molecule has 0 aromatic heterocycles. The predicted octanol–water partition coefficient (Wildman–Crippen LogP) is 3.07. The zero-order valence-electron chi connectivity index (χ0n) is 16.1. The number of ketones is 3. The number of carbonyl (C=O) groups excluding carboxylic acids is 3. The molecule has 0 aliphatic rings. The van der Waals surface area contributed by atoms with Crippen molar-refractivity contribution in [3.05, 3.63) is 58.7 Å². The van der Waals surface area contributed by atoms with Crippen molar-refractivity contribution in [3.63, 3.8) is 0 Å². The largest absolute Gasteiger partial charge is 0.378 e. The average Bonchev–Trinajstić information content (AvgIpc) is 2.59. The van der Waals surface area contributed by atoms with Crippen LogP contribution in [-0.4, -0.2) is 45.5 Å². The number of Topliss-reactive ketones (excluding diaryl/α,β-unsaturated/α-hetero) is 3. The zero-order valence-corrected chi connectivity index (χ0v) is 16.1. The first kappa shape index (κ1) is 19.4. The highest BCUT2D eigenvalue weighted by molar-refractivity contribution is 6.70. The van der Waals surface area contributed by atoms with Crippen molar-refractivity contribution in [1.29, 1.82) is 0 Å². The van der Waals surface area contributed by atoms with Crippen LogP contribution in [0.2, 0.25) is 0 Å². The van der Waals surface area contributed by atoms with Gasteiger partial charge in [-0.15, -0.1) is 0 Å². The quantitative estimate of drug-likeness (QED) is 0.454. The van der Waals surface area contributed by atoms with Crippen LogP contribution in [0.5, 0.6) is 0 Å². The Morgan fingerprint density at radius 2 is 1.00 bits per heavy atom. The van der Waals surface area contributed by atoms with Gasteiger partial charge in [0, 0.05) is 50.7 Å². The number of nitrogens with zero attached hydrogens (tertiary/aromatic N) is 2. The van der Waals surface area contributed by atoms with Gasteiger partial charge < -0.3 is 9.80 Å². The number of rotatable bonds is 6. The molecule has 5 heteroatoms. The Labute approximate surface area is 154 Å². The molecule has 0 aliphatic heterocycles. The van der Waals surface area contributed by atoms with E-state index >= 15 is 0 Å². The summed E-state index contributed by atoms with van der Waals surface area (Å²) >= 11 is 0. The molecule has 2 aromatic rings. The molecule has 26 heavy (non-hydrogen) atoms. The van der Waals surface area contributed by atoms with Crippen LogP contribution >= 0.6 is 0 Å². The molecular weight excluding hydrogens is 328 g/mol. The Balaban J connectivity index is 2.31. The van der Waals surface area contributed by atoms with Crippen LogP contribution in [0.15, 0.2) is 36.4 Å². The Morgan fingerprint density at radius 3 is 1.27 bits per heavy atom. The van der Waals surface area contributed by atoms with Crippen molar-refractivity contribution in [1.82, 2.24) is 0 Å². The van der Waals surface area contributed by atoms with Gasteiger partial charge in [0.2, 0.25) is 11.6 Å². The van der Waals surface area contributed by atoms with Gasteiger partial charge in [-0.05, 0) is 61.4 Å². The minimum Gasteiger partial charge on any atom is -0.378 e. The Kier molecular flexibility index (Phi) is 5.60. The lowest BCUT2D eigenvalue weighted by molar-refractivity contribution is -0.111. The molecule has 0 spiro atoms. The van der Waals surface area contributed by atoms with E-state index in [-0.39, 0.29) is 11.1 Å². The third kappa shape index (κ3) is 3.82. The summed E-state index contributed by atoms with van der Waals surface area (Å²) in [5.41, 5.74) is 3.71. The molecule has 0 fully saturated rings. The number of benzene rings is 2. The van der Waals surface area contributed by atoms with Crippen LogP contribution < -0.4 is 9.80 Å². The fraction of sp³-hybridized carbons (Fsp3) is 0.286. The van der Waals surface area contributed by atoms with Gasteiger partial charge in [0.25, 0.3) is 5.78 Å². The normalized spacial score (nSPS) is 10.4. The molecule has 0 N–H and O–H groups in total. The van der Waals surface area contributed by atoms with Gasteiger partial charge in [-0.2, -0.15) is 0 Å². The molecule has 5 nitrogen and oxygen atoms in total. The first-order valence-electron chi connectivity index (χ1n) is 8.32. The number of anilines is 2. The summed E-state index contributed by atoms with van der Waals surface area (Å²) in [7, 11) is 7.58. The SMILES string of the molecule is Cc1cc(N(C)C)ccc1C(=O)C(=O)C(=O)c1ccc(N(C)C)cc1C.